The molecule has 78 valence electrons. The van der Waals surface area contributed by atoms with Crippen LogP contribution in [0.4, 0.5) is 0 Å². The molecule has 0 saturated heterocycles. The van der Waals surface area contributed by atoms with Crippen molar-refractivity contribution >= 4 is 10.9 Å². The highest BCUT2D eigenvalue weighted by molar-refractivity contribution is 5.82. The predicted molar refractivity (Wildman–Crippen MR) is 66.2 cm³/mol. The highest BCUT2D eigenvalue weighted by Crippen LogP contribution is 2.21. The molecule has 3 rings (SSSR count). The van der Waals surface area contributed by atoms with Crippen molar-refractivity contribution in [1.29, 1.82) is 0 Å². The molecule has 0 aliphatic heterocycles. The first-order valence-corrected chi connectivity index (χ1v) is 5.31. The molecule has 16 heavy (non-hydrogen) atoms. The van der Waals surface area contributed by atoms with Crippen LogP contribution in [-0.2, 0) is 7.05 Å². The van der Waals surface area contributed by atoms with Gasteiger partial charge in [0, 0.05) is 30.4 Å². The van der Waals surface area contributed by atoms with Gasteiger partial charge in [0.2, 0.25) is 0 Å². The van der Waals surface area contributed by atoms with Crippen LogP contribution in [0, 0.1) is 0 Å². The van der Waals surface area contributed by atoms with Gasteiger partial charge in [-0.1, -0.05) is 30.3 Å². The standard InChI is InChI=1S/C14H12N2/c1-16-8-7-12-10-15-13(9-14(12)16)11-5-3-2-4-6-11/h2-10H,1H3. The zero-order valence-electron chi connectivity index (χ0n) is 9.09. The van der Waals surface area contributed by atoms with Crippen molar-refractivity contribution in [2.45, 2.75) is 0 Å². The van der Waals surface area contributed by atoms with E-state index in [1.165, 1.54) is 10.9 Å². The normalized spacial score (nSPS) is 10.8. The molecule has 0 aliphatic carbocycles. The van der Waals surface area contributed by atoms with E-state index < -0.39 is 0 Å². The van der Waals surface area contributed by atoms with Crippen LogP contribution < -0.4 is 0 Å². The molecule has 3 aromatic rings. The third-order valence-electron chi connectivity index (χ3n) is 2.84. The van der Waals surface area contributed by atoms with E-state index in [4.69, 9.17) is 0 Å². The van der Waals surface area contributed by atoms with Gasteiger partial charge in [-0.3, -0.25) is 4.98 Å². The Labute approximate surface area is 94.2 Å². The van der Waals surface area contributed by atoms with Crippen molar-refractivity contribution in [2.75, 3.05) is 0 Å². The molecule has 2 aromatic heterocycles. The maximum Gasteiger partial charge on any atom is 0.0723 e. The molecule has 2 heterocycles. The number of benzene rings is 1. The molecule has 0 aliphatic rings. The van der Waals surface area contributed by atoms with E-state index in [1.54, 1.807) is 0 Å². The van der Waals surface area contributed by atoms with Crippen LogP contribution in [0.3, 0.4) is 0 Å². The van der Waals surface area contributed by atoms with Crippen LogP contribution >= 0.6 is 0 Å². The van der Waals surface area contributed by atoms with Gasteiger partial charge in [-0.2, -0.15) is 0 Å². The highest BCUT2D eigenvalue weighted by atomic mass is 14.9. The predicted octanol–water partition coefficient (Wildman–Crippen LogP) is 3.24. The number of aromatic nitrogens is 2. The SMILES string of the molecule is Cn1ccc2cnc(-c3ccccc3)cc21. The van der Waals surface area contributed by atoms with Gasteiger partial charge in [-0.25, -0.2) is 0 Å². The van der Waals surface area contributed by atoms with Crippen molar-refractivity contribution < 1.29 is 0 Å². The minimum Gasteiger partial charge on any atom is -0.350 e. The van der Waals surface area contributed by atoms with Crippen LogP contribution in [-0.4, -0.2) is 9.55 Å². The Hall–Kier alpha value is -2.09. The Morgan fingerprint density at radius 1 is 1.06 bits per heavy atom. The number of fused-ring (bicyclic) bond motifs is 1. The maximum absolute atomic E-state index is 4.48. The first-order chi connectivity index (χ1) is 7.84. The maximum atomic E-state index is 4.48. The first kappa shape index (κ1) is 9.16. The Kier molecular flexibility index (Phi) is 2.00. The summed E-state index contributed by atoms with van der Waals surface area (Å²) < 4.78 is 2.11. The van der Waals surface area contributed by atoms with Crippen molar-refractivity contribution in [1.82, 2.24) is 9.55 Å². The number of hydrogen-bond acceptors (Lipinski definition) is 1. The van der Waals surface area contributed by atoms with Gasteiger partial charge in [0.25, 0.3) is 0 Å². The van der Waals surface area contributed by atoms with Crippen LogP contribution in [0.5, 0.6) is 0 Å². The second-order valence-electron chi connectivity index (χ2n) is 3.92. The molecule has 2 heteroatoms. The van der Waals surface area contributed by atoms with Crippen LogP contribution in [0.15, 0.2) is 54.9 Å². The van der Waals surface area contributed by atoms with Gasteiger partial charge in [-0.05, 0) is 12.1 Å². The lowest BCUT2D eigenvalue weighted by atomic mass is 10.1. The molecule has 0 unspecified atom stereocenters. The van der Waals surface area contributed by atoms with E-state index in [2.05, 4.69) is 47.1 Å². The molecule has 1 aromatic carbocycles. The average Bonchev–Trinajstić information content (AvgIpc) is 2.72. The first-order valence-electron chi connectivity index (χ1n) is 5.31. The fourth-order valence-electron chi connectivity index (χ4n) is 1.93. The van der Waals surface area contributed by atoms with Gasteiger partial charge in [0.1, 0.15) is 0 Å². The molecule has 0 amide bonds. The van der Waals surface area contributed by atoms with E-state index in [9.17, 15) is 0 Å². The minimum absolute atomic E-state index is 1.02. The zero-order valence-corrected chi connectivity index (χ0v) is 9.09. The summed E-state index contributed by atoms with van der Waals surface area (Å²) in [6, 6.07) is 14.5. The van der Waals surface area contributed by atoms with Crippen LogP contribution in [0.25, 0.3) is 22.2 Å². The second kappa shape index (κ2) is 3.49. The average molecular weight is 208 g/mol. The number of nitrogens with zero attached hydrogens (tertiary/aromatic N) is 2. The number of pyridine rings is 1. The van der Waals surface area contributed by atoms with E-state index >= 15 is 0 Å². The van der Waals surface area contributed by atoms with Crippen molar-refractivity contribution in [3.05, 3.63) is 54.9 Å². The summed E-state index contributed by atoms with van der Waals surface area (Å²) >= 11 is 0. The molecule has 0 radical (unpaired) electrons. The van der Waals surface area contributed by atoms with E-state index in [0.29, 0.717) is 0 Å². The molecule has 0 spiro atoms. The van der Waals surface area contributed by atoms with E-state index in [0.717, 1.165) is 11.3 Å². The summed E-state index contributed by atoms with van der Waals surface area (Å²) in [7, 11) is 2.05. The fraction of sp³-hybridized carbons (Fsp3) is 0.0714. The molecule has 0 atom stereocenters. The summed E-state index contributed by atoms with van der Waals surface area (Å²) in [5.74, 6) is 0. The van der Waals surface area contributed by atoms with Crippen molar-refractivity contribution in [3.8, 4) is 11.3 Å². The Morgan fingerprint density at radius 2 is 1.88 bits per heavy atom. The molecular formula is C14H12N2. The van der Waals surface area contributed by atoms with E-state index in [1.807, 2.05) is 24.4 Å². The zero-order chi connectivity index (χ0) is 11.0. The highest BCUT2D eigenvalue weighted by Gasteiger charge is 2.02. The lowest BCUT2D eigenvalue weighted by molar-refractivity contribution is 0.968. The van der Waals surface area contributed by atoms with Crippen LogP contribution in [0.2, 0.25) is 0 Å². The smallest absolute Gasteiger partial charge is 0.0723 e. The number of hydrogen-bond donors (Lipinski definition) is 0. The molecule has 0 fully saturated rings. The Bertz CT molecular complexity index is 624. The largest absolute Gasteiger partial charge is 0.350 e. The lowest BCUT2D eigenvalue weighted by Gasteiger charge is -2.02. The summed E-state index contributed by atoms with van der Waals surface area (Å²) in [6.07, 6.45) is 3.98. The van der Waals surface area contributed by atoms with Gasteiger partial charge < -0.3 is 4.57 Å². The van der Waals surface area contributed by atoms with E-state index in [-0.39, 0.29) is 0 Å². The number of rotatable bonds is 1. The quantitative estimate of drug-likeness (QED) is 0.600. The molecular weight excluding hydrogens is 196 g/mol. The van der Waals surface area contributed by atoms with Gasteiger partial charge in [0.05, 0.1) is 11.2 Å². The second-order valence-corrected chi connectivity index (χ2v) is 3.92. The van der Waals surface area contributed by atoms with Crippen molar-refractivity contribution in [3.63, 3.8) is 0 Å². The Morgan fingerprint density at radius 3 is 2.69 bits per heavy atom. The lowest BCUT2D eigenvalue weighted by Crippen LogP contribution is -1.87. The molecule has 0 bridgehead atoms. The molecule has 0 N–H and O–H groups in total. The van der Waals surface area contributed by atoms with Gasteiger partial charge in [-0.15, -0.1) is 0 Å². The van der Waals surface area contributed by atoms with Gasteiger partial charge in [0.15, 0.2) is 0 Å². The van der Waals surface area contributed by atoms with Gasteiger partial charge >= 0.3 is 0 Å². The number of aryl methyl sites for hydroxylation is 1. The minimum atomic E-state index is 1.02. The topological polar surface area (TPSA) is 17.8 Å². The monoisotopic (exact) mass is 208 g/mol. The Balaban J connectivity index is 2.22. The summed E-state index contributed by atoms with van der Waals surface area (Å²) in [6.45, 7) is 0. The third-order valence-corrected chi connectivity index (χ3v) is 2.84. The fourth-order valence-corrected chi connectivity index (χ4v) is 1.93. The van der Waals surface area contributed by atoms with Crippen molar-refractivity contribution in [2.24, 2.45) is 7.05 Å². The molecule has 2 nitrogen and oxygen atoms in total. The van der Waals surface area contributed by atoms with Crippen LogP contribution in [0.1, 0.15) is 0 Å². The summed E-state index contributed by atoms with van der Waals surface area (Å²) in [5, 5.41) is 1.18. The third kappa shape index (κ3) is 1.39. The molecule has 0 saturated carbocycles. The summed E-state index contributed by atoms with van der Waals surface area (Å²) in [5.41, 5.74) is 3.40. The summed E-state index contributed by atoms with van der Waals surface area (Å²) in [4.78, 5) is 4.48.